The van der Waals surface area contributed by atoms with Crippen LogP contribution in [0.4, 0.5) is 11.4 Å². The summed E-state index contributed by atoms with van der Waals surface area (Å²) in [4.78, 5) is 29.4. The fourth-order valence-corrected chi connectivity index (χ4v) is 4.75. The third-order valence-corrected chi connectivity index (χ3v) is 6.26. The number of fused-ring (bicyclic) bond motifs is 1. The number of imide groups is 1. The number of benzene rings is 3. The van der Waals surface area contributed by atoms with Crippen molar-refractivity contribution in [3.63, 3.8) is 0 Å². The van der Waals surface area contributed by atoms with Crippen LogP contribution in [0.2, 0.25) is 0 Å². The van der Waals surface area contributed by atoms with Gasteiger partial charge in [0.05, 0.1) is 17.4 Å². The van der Waals surface area contributed by atoms with E-state index in [1.807, 2.05) is 79.9 Å². The Hall–Kier alpha value is -3.90. The Morgan fingerprint density at radius 3 is 2.39 bits per heavy atom. The van der Waals surface area contributed by atoms with Gasteiger partial charge in [0.1, 0.15) is 11.4 Å². The van der Waals surface area contributed by atoms with E-state index < -0.39 is 5.91 Å². The van der Waals surface area contributed by atoms with Crippen LogP contribution in [0.15, 0.2) is 89.9 Å². The van der Waals surface area contributed by atoms with Crippen molar-refractivity contribution >= 4 is 50.9 Å². The van der Waals surface area contributed by atoms with Gasteiger partial charge in [-0.25, -0.2) is 4.90 Å². The lowest BCUT2D eigenvalue weighted by Crippen LogP contribution is -2.33. The molecule has 0 aliphatic carbocycles. The molecule has 2 heterocycles. The minimum atomic E-state index is -0.406. The van der Waals surface area contributed by atoms with Crippen LogP contribution in [0.1, 0.15) is 18.7 Å². The number of nitrogens with one attached hydrogen (secondary N) is 1. The summed E-state index contributed by atoms with van der Waals surface area (Å²) in [5.74, 6) is -0.285. The summed E-state index contributed by atoms with van der Waals surface area (Å²) < 4.78 is 5.91. The summed E-state index contributed by atoms with van der Waals surface area (Å²) in [5, 5.41) is 7.21. The molecule has 33 heavy (non-hydrogen) atoms. The molecule has 6 heteroatoms. The van der Waals surface area contributed by atoms with Crippen molar-refractivity contribution in [2.24, 2.45) is 0 Å². The Labute approximate surface area is 195 Å². The summed E-state index contributed by atoms with van der Waals surface area (Å²) in [6, 6.07) is 24.7. The van der Waals surface area contributed by atoms with E-state index in [9.17, 15) is 9.59 Å². The summed E-state index contributed by atoms with van der Waals surface area (Å²) in [5.41, 5.74) is 1.83. The molecule has 4 aromatic rings. The topological polar surface area (TPSA) is 58.6 Å². The minimum Gasteiger partial charge on any atom is -0.489 e. The van der Waals surface area contributed by atoms with Crippen molar-refractivity contribution < 1.29 is 14.3 Å². The molecular formula is C27H22N2O3S. The van der Waals surface area contributed by atoms with Crippen molar-refractivity contribution in [1.29, 1.82) is 0 Å². The third kappa shape index (κ3) is 3.79. The second kappa shape index (κ2) is 8.56. The second-order valence-electron chi connectivity index (χ2n) is 7.96. The zero-order chi connectivity index (χ0) is 22.9. The third-order valence-electron chi connectivity index (χ3n) is 5.37. The van der Waals surface area contributed by atoms with Gasteiger partial charge in [-0.05, 0) is 48.9 Å². The molecule has 5 rings (SSSR count). The molecule has 0 fully saturated rings. The largest absolute Gasteiger partial charge is 0.489 e. The summed E-state index contributed by atoms with van der Waals surface area (Å²) in [6.07, 6.45) is -0.100. The van der Waals surface area contributed by atoms with Gasteiger partial charge in [-0.15, -0.1) is 11.3 Å². The Morgan fingerprint density at radius 2 is 1.61 bits per heavy atom. The molecule has 0 unspecified atom stereocenters. The van der Waals surface area contributed by atoms with Crippen LogP contribution < -0.4 is 15.0 Å². The summed E-state index contributed by atoms with van der Waals surface area (Å²) in [6.45, 7) is 3.82. The highest BCUT2D eigenvalue weighted by atomic mass is 32.1. The fourth-order valence-electron chi connectivity index (χ4n) is 3.98. The Balaban J connectivity index is 1.63. The Bertz CT molecular complexity index is 1380. The summed E-state index contributed by atoms with van der Waals surface area (Å²) >= 11 is 1.43. The van der Waals surface area contributed by atoms with Crippen LogP contribution >= 0.6 is 11.3 Å². The van der Waals surface area contributed by atoms with Gasteiger partial charge in [0.25, 0.3) is 11.8 Å². The van der Waals surface area contributed by atoms with Crippen LogP contribution in [0.5, 0.6) is 5.75 Å². The maximum absolute atomic E-state index is 13.7. The smallest absolute Gasteiger partial charge is 0.282 e. The number of ether oxygens (including phenoxy) is 1. The van der Waals surface area contributed by atoms with Crippen LogP contribution in [0.3, 0.4) is 0 Å². The number of hydrogen-bond donors (Lipinski definition) is 1. The van der Waals surface area contributed by atoms with Crippen LogP contribution in [-0.4, -0.2) is 17.9 Å². The standard InChI is InChI=1S/C27H22N2O3S/c1-17(2)32-22-14-6-5-13-21(22)29-26(30)24(23-15-8-16-33-23)25(27(29)31)28-20-12-7-10-18-9-3-4-11-19(18)20/h3-17,28H,1-2H3. The van der Waals surface area contributed by atoms with Crippen LogP contribution in [0.25, 0.3) is 16.3 Å². The van der Waals surface area contributed by atoms with Crippen molar-refractivity contribution in [2.75, 3.05) is 10.2 Å². The number of thiophene rings is 1. The second-order valence-corrected chi connectivity index (χ2v) is 8.91. The van der Waals surface area contributed by atoms with Gasteiger partial charge in [0.2, 0.25) is 0 Å². The molecule has 1 aliphatic heterocycles. The molecule has 5 nitrogen and oxygen atoms in total. The van der Waals surface area contributed by atoms with Crippen molar-refractivity contribution in [3.8, 4) is 5.75 Å². The van der Waals surface area contributed by atoms with E-state index >= 15 is 0 Å². The predicted molar refractivity (Wildman–Crippen MR) is 134 cm³/mol. The fraction of sp³-hybridized carbons (Fsp3) is 0.111. The van der Waals surface area contributed by atoms with Crippen molar-refractivity contribution in [3.05, 3.63) is 94.8 Å². The Kier molecular flexibility index (Phi) is 5.44. The van der Waals surface area contributed by atoms with Crippen LogP contribution in [0, 0.1) is 0 Å². The van der Waals surface area contributed by atoms with Gasteiger partial charge < -0.3 is 10.1 Å². The molecule has 0 saturated heterocycles. The van der Waals surface area contributed by atoms with Gasteiger partial charge >= 0.3 is 0 Å². The SMILES string of the molecule is CC(C)Oc1ccccc1N1C(=O)C(Nc2cccc3ccccc23)=C(c2cccs2)C1=O. The number of hydrogen-bond acceptors (Lipinski definition) is 5. The van der Waals surface area contributed by atoms with E-state index in [0.717, 1.165) is 21.3 Å². The highest BCUT2D eigenvalue weighted by Crippen LogP contribution is 2.39. The Morgan fingerprint density at radius 1 is 0.848 bits per heavy atom. The molecule has 3 aromatic carbocycles. The molecule has 0 saturated carbocycles. The molecule has 2 amide bonds. The first-order valence-corrected chi connectivity index (χ1v) is 11.6. The quantitative estimate of drug-likeness (QED) is 0.359. The number of amides is 2. The van der Waals surface area contributed by atoms with Crippen molar-refractivity contribution in [1.82, 2.24) is 0 Å². The maximum atomic E-state index is 13.7. The molecular weight excluding hydrogens is 432 g/mol. The number of carbonyl (C=O) groups is 2. The number of nitrogens with zero attached hydrogens (tertiary/aromatic N) is 1. The average molecular weight is 455 g/mol. The minimum absolute atomic E-state index is 0.100. The molecule has 0 bridgehead atoms. The van der Waals surface area contributed by atoms with E-state index in [1.165, 1.54) is 16.2 Å². The number of para-hydroxylation sites is 2. The number of carbonyl (C=O) groups excluding carboxylic acids is 2. The van der Waals surface area contributed by atoms with Crippen molar-refractivity contribution in [2.45, 2.75) is 20.0 Å². The van der Waals surface area contributed by atoms with E-state index in [-0.39, 0.29) is 17.7 Å². The van der Waals surface area contributed by atoms with Crippen LogP contribution in [-0.2, 0) is 9.59 Å². The van der Waals surface area contributed by atoms with E-state index in [1.54, 1.807) is 18.2 Å². The van der Waals surface area contributed by atoms with Gasteiger partial charge in [0.15, 0.2) is 0 Å². The number of rotatable bonds is 6. The molecule has 0 radical (unpaired) electrons. The highest BCUT2D eigenvalue weighted by Gasteiger charge is 2.42. The van der Waals surface area contributed by atoms with Gasteiger partial charge in [0, 0.05) is 16.0 Å². The van der Waals surface area contributed by atoms with E-state index in [4.69, 9.17) is 4.74 Å². The predicted octanol–water partition coefficient (Wildman–Crippen LogP) is 6.09. The average Bonchev–Trinajstić information content (AvgIpc) is 3.41. The van der Waals surface area contributed by atoms with E-state index in [2.05, 4.69) is 5.32 Å². The van der Waals surface area contributed by atoms with Gasteiger partial charge in [-0.2, -0.15) is 0 Å². The molecule has 1 aromatic heterocycles. The lowest BCUT2D eigenvalue weighted by Gasteiger charge is -2.20. The van der Waals surface area contributed by atoms with Gasteiger partial charge in [-0.1, -0.05) is 54.6 Å². The first kappa shape index (κ1) is 21.0. The first-order chi connectivity index (χ1) is 16.0. The molecule has 0 spiro atoms. The molecule has 164 valence electrons. The zero-order valence-electron chi connectivity index (χ0n) is 18.2. The lowest BCUT2D eigenvalue weighted by molar-refractivity contribution is -0.120. The van der Waals surface area contributed by atoms with E-state index in [0.29, 0.717) is 17.0 Å². The monoisotopic (exact) mass is 454 g/mol. The lowest BCUT2D eigenvalue weighted by atomic mass is 10.1. The number of anilines is 2. The molecule has 1 aliphatic rings. The highest BCUT2D eigenvalue weighted by molar-refractivity contribution is 7.11. The normalized spacial score (nSPS) is 14.0. The van der Waals surface area contributed by atoms with Gasteiger partial charge in [-0.3, -0.25) is 9.59 Å². The molecule has 1 N–H and O–H groups in total. The zero-order valence-corrected chi connectivity index (χ0v) is 19.1. The molecule has 0 atom stereocenters. The maximum Gasteiger partial charge on any atom is 0.282 e. The summed E-state index contributed by atoms with van der Waals surface area (Å²) in [7, 11) is 0. The first-order valence-electron chi connectivity index (χ1n) is 10.7.